The molecule has 23 heavy (non-hydrogen) atoms. The maximum absolute atomic E-state index is 12.2. The fraction of sp³-hybridized carbons (Fsp3) is 0.294. The predicted octanol–water partition coefficient (Wildman–Crippen LogP) is 1.05. The molecule has 0 heterocycles. The molecule has 0 saturated heterocycles. The first-order chi connectivity index (χ1) is 10.9. The van der Waals surface area contributed by atoms with Gasteiger partial charge < -0.3 is 9.47 Å². The highest BCUT2D eigenvalue weighted by Gasteiger charge is 2.52. The van der Waals surface area contributed by atoms with Crippen LogP contribution in [0.5, 0.6) is 0 Å². The Hall–Kier alpha value is -2.76. The van der Waals surface area contributed by atoms with Crippen molar-refractivity contribution in [3.05, 3.63) is 46.5 Å². The number of rotatable bonds is 2. The third-order valence-electron chi connectivity index (χ3n) is 4.39. The molecule has 3 rings (SSSR count). The normalized spacial score (nSPS) is 17.5. The average molecular weight is 314 g/mol. The van der Waals surface area contributed by atoms with Crippen LogP contribution in [-0.4, -0.2) is 37.7 Å². The molecule has 0 spiro atoms. The second-order valence-corrected chi connectivity index (χ2v) is 5.65. The number of methoxy groups -OCH3 is 2. The molecule has 118 valence electrons. The lowest BCUT2D eigenvalue weighted by atomic mass is 9.85. The molecule has 0 aliphatic heterocycles. The topological polar surface area (TPSA) is 86.7 Å². The molecular weight excluding hydrogens is 300 g/mol. The number of fused-ring (bicyclic) bond motifs is 2. The van der Waals surface area contributed by atoms with E-state index in [1.165, 1.54) is 26.4 Å². The molecule has 0 amide bonds. The van der Waals surface area contributed by atoms with Gasteiger partial charge in [0.25, 0.3) is 0 Å². The van der Waals surface area contributed by atoms with E-state index in [-0.39, 0.29) is 24.4 Å². The molecule has 0 bridgehead atoms. The predicted molar refractivity (Wildman–Crippen MR) is 78.1 cm³/mol. The van der Waals surface area contributed by atoms with Crippen LogP contribution in [0.1, 0.15) is 31.8 Å². The van der Waals surface area contributed by atoms with Crippen LogP contribution < -0.4 is 0 Å². The van der Waals surface area contributed by atoms with E-state index in [0.717, 1.165) is 0 Å². The molecule has 0 N–H and O–H groups in total. The quantitative estimate of drug-likeness (QED) is 0.599. The lowest BCUT2D eigenvalue weighted by Gasteiger charge is -2.22. The Labute approximate surface area is 132 Å². The number of ether oxygens (including phenoxy) is 2. The third kappa shape index (κ3) is 2.10. The second kappa shape index (κ2) is 5.15. The summed E-state index contributed by atoms with van der Waals surface area (Å²) in [6.45, 7) is 0. The van der Waals surface area contributed by atoms with Crippen LogP contribution in [0.2, 0.25) is 0 Å². The Kier molecular flexibility index (Phi) is 3.39. The molecule has 6 heteroatoms. The van der Waals surface area contributed by atoms with Crippen LogP contribution in [0.3, 0.4) is 0 Å². The van der Waals surface area contributed by atoms with Crippen LogP contribution in [0.15, 0.2) is 24.3 Å². The summed E-state index contributed by atoms with van der Waals surface area (Å²) < 4.78 is 9.55. The first-order valence-corrected chi connectivity index (χ1v) is 7.02. The smallest absolute Gasteiger partial charge is 0.323 e. The molecule has 1 aromatic carbocycles. The summed E-state index contributed by atoms with van der Waals surface area (Å²) in [6.07, 6.45) is 2.61. The maximum Gasteiger partial charge on any atom is 0.323 e. The zero-order valence-electron chi connectivity index (χ0n) is 12.7. The highest BCUT2D eigenvalue weighted by Crippen LogP contribution is 2.41. The average Bonchev–Trinajstić information content (AvgIpc) is 2.95. The molecule has 2 aliphatic carbocycles. The molecular formula is C17H14O6. The summed E-state index contributed by atoms with van der Waals surface area (Å²) >= 11 is 0. The standard InChI is InChI=1S/C17H14O6/c1-22-15(20)17(16(21)23-2)7-9-5-11-12(6-10(9)8-17)14(19)4-3-13(11)18/h3-6H,7-8H2,1-2H3. The van der Waals surface area contributed by atoms with Gasteiger partial charge in [-0.15, -0.1) is 0 Å². The van der Waals surface area contributed by atoms with E-state index in [1.807, 2.05) is 0 Å². The zero-order valence-corrected chi connectivity index (χ0v) is 12.7. The first kappa shape index (κ1) is 15.1. The van der Waals surface area contributed by atoms with Gasteiger partial charge >= 0.3 is 11.9 Å². The molecule has 0 fully saturated rings. The van der Waals surface area contributed by atoms with Crippen LogP contribution in [0, 0.1) is 5.41 Å². The number of allylic oxidation sites excluding steroid dienone is 2. The molecule has 0 atom stereocenters. The van der Waals surface area contributed by atoms with Crippen LogP contribution >= 0.6 is 0 Å². The van der Waals surface area contributed by atoms with Gasteiger partial charge in [0, 0.05) is 11.1 Å². The number of benzene rings is 1. The van der Waals surface area contributed by atoms with Gasteiger partial charge in [-0.1, -0.05) is 0 Å². The van der Waals surface area contributed by atoms with Crippen LogP contribution in [-0.2, 0) is 31.9 Å². The molecule has 0 radical (unpaired) electrons. The molecule has 0 saturated carbocycles. The Balaban J connectivity index is 2.11. The number of ketones is 2. The van der Waals surface area contributed by atoms with E-state index in [2.05, 4.69) is 0 Å². The van der Waals surface area contributed by atoms with E-state index < -0.39 is 17.4 Å². The van der Waals surface area contributed by atoms with E-state index in [0.29, 0.717) is 22.3 Å². The molecule has 6 nitrogen and oxygen atoms in total. The van der Waals surface area contributed by atoms with E-state index in [9.17, 15) is 19.2 Å². The fourth-order valence-electron chi connectivity index (χ4n) is 3.23. The third-order valence-corrected chi connectivity index (χ3v) is 4.39. The summed E-state index contributed by atoms with van der Waals surface area (Å²) in [5.74, 6) is -1.91. The Bertz CT molecular complexity index is 722. The summed E-state index contributed by atoms with van der Waals surface area (Å²) in [5.41, 5.74) is 0.477. The van der Waals surface area contributed by atoms with E-state index >= 15 is 0 Å². The lowest BCUT2D eigenvalue weighted by molar-refractivity contribution is -0.168. The van der Waals surface area contributed by atoms with Crippen molar-refractivity contribution >= 4 is 23.5 Å². The minimum atomic E-state index is -1.46. The summed E-state index contributed by atoms with van der Waals surface area (Å²) in [4.78, 5) is 48.3. The van der Waals surface area contributed by atoms with Crippen molar-refractivity contribution in [3.63, 3.8) is 0 Å². The van der Waals surface area contributed by atoms with Gasteiger partial charge in [-0.25, -0.2) is 0 Å². The highest BCUT2D eigenvalue weighted by atomic mass is 16.5. The number of carbonyl (C=O) groups excluding carboxylic acids is 4. The van der Waals surface area contributed by atoms with Gasteiger partial charge in [0.2, 0.25) is 0 Å². The summed E-state index contributed by atoms with van der Waals surface area (Å²) in [7, 11) is 2.41. The number of hydrogen-bond acceptors (Lipinski definition) is 6. The fourth-order valence-corrected chi connectivity index (χ4v) is 3.23. The lowest BCUT2D eigenvalue weighted by Crippen LogP contribution is -2.42. The van der Waals surface area contributed by atoms with E-state index in [1.54, 1.807) is 12.1 Å². The Morgan fingerprint density at radius 1 is 0.870 bits per heavy atom. The zero-order chi connectivity index (χ0) is 16.8. The van der Waals surface area contributed by atoms with Crippen molar-refractivity contribution in [3.8, 4) is 0 Å². The van der Waals surface area contributed by atoms with Crippen molar-refractivity contribution in [1.29, 1.82) is 0 Å². The summed E-state index contributed by atoms with van der Waals surface area (Å²) in [6, 6.07) is 3.17. The van der Waals surface area contributed by atoms with Crippen molar-refractivity contribution in [2.24, 2.45) is 5.41 Å². The van der Waals surface area contributed by atoms with Crippen molar-refractivity contribution in [2.75, 3.05) is 14.2 Å². The molecule has 1 aromatic rings. The minimum Gasteiger partial charge on any atom is -0.468 e. The molecule has 2 aliphatic rings. The van der Waals surface area contributed by atoms with Gasteiger partial charge in [-0.05, 0) is 48.3 Å². The maximum atomic E-state index is 12.2. The largest absolute Gasteiger partial charge is 0.468 e. The highest BCUT2D eigenvalue weighted by molar-refractivity contribution is 6.22. The Morgan fingerprint density at radius 3 is 1.61 bits per heavy atom. The van der Waals surface area contributed by atoms with Crippen LogP contribution in [0.25, 0.3) is 0 Å². The number of carbonyl (C=O) groups is 4. The van der Waals surface area contributed by atoms with Gasteiger partial charge in [0.1, 0.15) is 0 Å². The second-order valence-electron chi connectivity index (χ2n) is 5.65. The van der Waals surface area contributed by atoms with E-state index in [4.69, 9.17) is 9.47 Å². The van der Waals surface area contributed by atoms with Crippen LogP contribution in [0.4, 0.5) is 0 Å². The number of esters is 2. The monoisotopic (exact) mass is 314 g/mol. The SMILES string of the molecule is COC(=O)C1(C(=O)OC)Cc2cc3c(cc2C1)C(=O)C=CC3=O. The van der Waals surface area contributed by atoms with Crippen molar-refractivity contribution in [2.45, 2.75) is 12.8 Å². The molecule has 0 aromatic heterocycles. The van der Waals surface area contributed by atoms with Gasteiger partial charge in [-0.3, -0.25) is 19.2 Å². The van der Waals surface area contributed by atoms with Gasteiger partial charge in [0.05, 0.1) is 14.2 Å². The summed E-state index contributed by atoms with van der Waals surface area (Å²) in [5, 5.41) is 0. The minimum absolute atomic E-state index is 0.0835. The number of hydrogen-bond donors (Lipinski definition) is 0. The van der Waals surface area contributed by atoms with Gasteiger partial charge in [-0.2, -0.15) is 0 Å². The van der Waals surface area contributed by atoms with Gasteiger partial charge in [0.15, 0.2) is 17.0 Å². The molecule has 0 unspecified atom stereocenters. The Morgan fingerprint density at radius 2 is 1.26 bits per heavy atom. The van der Waals surface area contributed by atoms with Crippen molar-refractivity contribution < 1.29 is 28.7 Å². The first-order valence-electron chi connectivity index (χ1n) is 7.02. The van der Waals surface area contributed by atoms with Crippen molar-refractivity contribution in [1.82, 2.24) is 0 Å².